The van der Waals surface area contributed by atoms with Crippen LogP contribution in [0.4, 0.5) is 0 Å². The van der Waals surface area contributed by atoms with Crippen LogP contribution in [-0.4, -0.2) is 20.0 Å². The van der Waals surface area contributed by atoms with Gasteiger partial charge in [0, 0.05) is 12.1 Å². The van der Waals surface area contributed by atoms with Crippen molar-refractivity contribution in [2.24, 2.45) is 5.73 Å². The molecule has 0 saturated carbocycles. The van der Waals surface area contributed by atoms with Crippen molar-refractivity contribution in [3.8, 4) is 0 Å². The predicted molar refractivity (Wildman–Crippen MR) is 99.1 cm³/mol. The highest BCUT2D eigenvalue weighted by Gasteiger charge is 2.32. The Hall–Kier alpha value is -2.47. The minimum absolute atomic E-state index is 0.166. The number of nitrogens with zero attached hydrogens (tertiary/aromatic N) is 4. The first-order valence-electron chi connectivity index (χ1n) is 8.41. The summed E-state index contributed by atoms with van der Waals surface area (Å²) in [5.74, 6) is 0.834. The molecule has 0 amide bonds. The maximum Gasteiger partial charge on any atom is 0.240 e. The Morgan fingerprint density at radius 1 is 1.40 bits per heavy atom. The van der Waals surface area contributed by atoms with Gasteiger partial charge in [-0.15, -0.1) is 16.8 Å². The zero-order chi connectivity index (χ0) is 18.6. The molecule has 0 aliphatic carbocycles. The maximum absolute atomic E-state index is 6.50. The van der Waals surface area contributed by atoms with Crippen molar-refractivity contribution < 1.29 is 4.42 Å². The van der Waals surface area contributed by atoms with Crippen LogP contribution in [0.25, 0.3) is 0 Å². The average Bonchev–Trinajstić information content (AvgIpc) is 3.20. The normalized spacial score (nSPS) is 16.2. The van der Waals surface area contributed by atoms with Crippen LogP contribution in [0.15, 0.2) is 46.9 Å². The SMILES string of the molecule is C=C[C@@](N)(CC(/C=C\C)=C/C)c1nnc(C(C)n2nc(C)cc2C)o1. The largest absolute Gasteiger partial charge is 0.421 e. The first-order valence-corrected chi connectivity index (χ1v) is 8.41. The number of nitrogens with two attached hydrogens (primary N) is 1. The molecule has 0 fully saturated rings. The molecule has 2 atom stereocenters. The summed E-state index contributed by atoms with van der Waals surface area (Å²) < 4.78 is 7.78. The second-order valence-corrected chi connectivity index (χ2v) is 6.28. The Balaban J connectivity index is 2.31. The average molecular weight is 341 g/mol. The molecule has 0 aliphatic heterocycles. The summed E-state index contributed by atoms with van der Waals surface area (Å²) in [6.07, 6.45) is 8.20. The summed E-state index contributed by atoms with van der Waals surface area (Å²) in [5, 5.41) is 12.9. The van der Waals surface area contributed by atoms with Crippen molar-refractivity contribution in [1.82, 2.24) is 20.0 Å². The van der Waals surface area contributed by atoms with E-state index in [2.05, 4.69) is 21.9 Å². The number of rotatable bonds is 7. The molecule has 2 rings (SSSR count). The molecule has 0 saturated heterocycles. The first-order chi connectivity index (χ1) is 11.8. The molecule has 0 radical (unpaired) electrons. The van der Waals surface area contributed by atoms with Gasteiger partial charge in [0.25, 0.3) is 0 Å². The van der Waals surface area contributed by atoms with Gasteiger partial charge in [-0.2, -0.15) is 5.10 Å². The van der Waals surface area contributed by atoms with Gasteiger partial charge in [-0.1, -0.05) is 24.3 Å². The molecular weight excluding hydrogens is 314 g/mol. The molecule has 2 aromatic heterocycles. The van der Waals surface area contributed by atoms with E-state index in [1.165, 1.54) is 0 Å². The molecule has 2 heterocycles. The number of allylic oxidation sites excluding steroid dienone is 3. The maximum atomic E-state index is 6.50. The standard InChI is InChI=1S/C19H27N5O/c1-7-10-16(8-2)12-19(20,9-3)18-22-21-17(25-18)15(6)24-14(5)11-13(4)23-24/h7-11,15H,3,12,20H2,1-2,4-6H3/b10-7-,16-8+/t15?,19-/m1/s1. The lowest BCUT2D eigenvalue weighted by Gasteiger charge is -2.22. The number of aryl methyl sites for hydroxylation is 2. The fraction of sp³-hybridized carbons (Fsp3) is 0.421. The van der Waals surface area contributed by atoms with Crippen LogP contribution in [0.1, 0.15) is 56.4 Å². The first kappa shape index (κ1) is 18.9. The molecule has 25 heavy (non-hydrogen) atoms. The smallest absolute Gasteiger partial charge is 0.240 e. The van der Waals surface area contributed by atoms with Crippen LogP contribution in [0.3, 0.4) is 0 Å². The summed E-state index contributed by atoms with van der Waals surface area (Å²) >= 11 is 0. The quantitative estimate of drug-likeness (QED) is 0.612. The third-order valence-corrected chi connectivity index (χ3v) is 4.22. The van der Waals surface area contributed by atoms with E-state index in [9.17, 15) is 0 Å². The van der Waals surface area contributed by atoms with Crippen LogP contribution in [0.2, 0.25) is 0 Å². The van der Waals surface area contributed by atoms with Crippen LogP contribution in [-0.2, 0) is 5.54 Å². The minimum atomic E-state index is -0.915. The molecule has 2 aromatic rings. The molecule has 0 spiro atoms. The van der Waals surface area contributed by atoms with E-state index in [1.54, 1.807) is 6.08 Å². The predicted octanol–water partition coefficient (Wildman–Crippen LogP) is 3.74. The van der Waals surface area contributed by atoms with E-state index in [1.807, 2.05) is 63.6 Å². The molecule has 2 N–H and O–H groups in total. The second kappa shape index (κ2) is 7.61. The van der Waals surface area contributed by atoms with E-state index in [0.29, 0.717) is 18.2 Å². The van der Waals surface area contributed by atoms with Crippen molar-refractivity contribution in [3.63, 3.8) is 0 Å². The zero-order valence-corrected chi connectivity index (χ0v) is 15.7. The summed E-state index contributed by atoms with van der Waals surface area (Å²) in [7, 11) is 0. The third kappa shape index (κ3) is 3.96. The van der Waals surface area contributed by atoms with Gasteiger partial charge in [-0.3, -0.25) is 4.68 Å². The van der Waals surface area contributed by atoms with E-state index in [4.69, 9.17) is 10.2 Å². The van der Waals surface area contributed by atoms with E-state index in [-0.39, 0.29) is 6.04 Å². The van der Waals surface area contributed by atoms with Gasteiger partial charge < -0.3 is 10.2 Å². The summed E-state index contributed by atoms with van der Waals surface area (Å²) in [6, 6.07) is 1.85. The van der Waals surface area contributed by atoms with Crippen molar-refractivity contribution in [3.05, 3.63) is 65.7 Å². The molecule has 134 valence electrons. The van der Waals surface area contributed by atoms with Gasteiger partial charge in [0.1, 0.15) is 11.6 Å². The molecule has 0 bridgehead atoms. The van der Waals surface area contributed by atoms with Gasteiger partial charge in [0.15, 0.2) is 0 Å². The number of hydrogen-bond acceptors (Lipinski definition) is 5. The van der Waals surface area contributed by atoms with Crippen molar-refractivity contribution >= 4 is 0 Å². The van der Waals surface area contributed by atoms with E-state index in [0.717, 1.165) is 17.0 Å². The second-order valence-electron chi connectivity index (χ2n) is 6.28. The molecule has 0 aliphatic rings. The monoisotopic (exact) mass is 341 g/mol. The highest BCUT2D eigenvalue weighted by molar-refractivity contribution is 5.26. The van der Waals surface area contributed by atoms with Gasteiger partial charge >= 0.3 is 0 Å². The van der Waals surface area contributed by atoms with Crippen LogP contribution in [0.5, 0.6) is 0 Å². The summed E-state index contributed by atoms with van der Waals surface area (Å²) in [6.45, 7) is 13.7. The zero-order valence-electron chi connectivity index (χ0n) is 15.7. The number of aromatic nitrogens is 4. The Morgan fingerprint density at radius 2 is 2.12 bits per heavy atom. The molecular formula is C19H27N5O. The Bertz CT molecular complexity index is 799. The van der Waals surface area contributed by atoms with Gasteiger partial charge in [0.05, 0.1) is 5.69 Å². The highest BCUT2D eigenvalue weighted by Crippen LogP contribution is 2.29. The molecule has 6 heteroatoms. The van der Waals surface area contributed by atoms with E-state index < -0.39 is 5.54 Å². The fourth-order valence-electron chi connectivity index (χ4n) is 2.78. The Labute approximate surface area is 149 Å². The summed E-state index contributed by atoms with van der Waals surface area (Å²) in [5.41, 5.74) is 8.65. The van der Waals surface area contributed by atoms with Crippen LogP contribution in [0, 0.1) is 13.8 Å². The molecule has 6 nitrogen and oxygen atoms in total. The lowest BCUT2D eigenvalue weighted by molar-refractivity contribution is 0.337. The Kier molecular flexibility index (Phi) is 5.74. The topological polar surface area (TPSA) is 82.8 Å². The highest BCUT2D eigenvalue weighted by atomic mass is 16.4. The van der Waals surface area contributed by atoms with Crippen molar-refractivity contribution in [1.29, 1.82) is 0 Å². The lowest BCUT2D eigenvalue weighted by atomic mass is 9.91. The molecule has 1 unspecified atom stereocenters. The van der Waals surface area contributed by atoms with Crippen molar-refractivity contribution in [2.75, 3.05) is 0 Å². The fourth-order valence-corrected chi connectivity index (χ4v) is 2.78. The number of hydrogen-bond donors (Lipinski definition) is 1. The third-order valence-electron chi connectivity index (χ3n) is 4.22. The van der Waals surface area contributed by atoms with Crippen LogP contribution < -0.4 is 5.73 Å². The van der Waals surface area contributed by atoms with Gasteiger partial charge in [0.2, 0.25) is 11.8 Å². The van der Waals surface area contributed by atoms with Gasteiger partial charge in [-0.25, -0.2) is 0 Å². The van der Waals surface area contributed by atoms with E-state index >= 15 is 0 Å². The van der Waals surface area contributed by atoms with Crippen LogP contribution >= 0.6 is 0 Å². The minimum Gasteiger partial charge on any atom is -0.421 e. The Morgan fingerprint density at radius 3 is 2.64 bits per heavy atom. The summed E-state index contributed by atoms with van der Waals surface area (Å²) in [4.78, 5) is 0. The molecule has 0 aromatic carbocycles. The lowest BCUT2D eigenvalue weighted by Crippen LogP contribution is -2.35. The van der Waals surface area contributed by atoms with Gasteiger partial charge in [-0.05, 0) is 46.3 Å². The van der Waals surface area contributed by atoms with Crippen molar-refractivity contribution in [2.45, 2.75) is 52.6 Å².